The molecule has 1 saturated heterocycles. The van der Waals surface area contributed by atoms with Gasteiger partial charge in [-0.2, -0.15) is 4.31 Å². The molecule has 1 fully saturated rings. The van der Waals surface area contributed by atoms with Gasteiger partial charge in [0.25, 0.3) is 0 Å². The summed E-state index contributed by atoms with van der Waals surface area (Å²) < 4.78 is 27.1. The molecule has 1 heterocycles. The summed E-state index contributed by atoms with van der Waals surface area (Å²) in [4.78, 5) is 25.3. The first kappa shape index (κ1) is 23.9. The van der Waals surface area contributed by atoms with Crippen LogP contribution in [0.3, 0.4) is 0 Å². The second kappa shape index (κ2) is 11.2. The first-order valence-corrected chi connectivity index (χ1v) is 12.5. The van der Waals surface area contributed by atoms with E-state index in [1.54, 1.807) is 37.3 Å². The van der Waals surface area contributed by atoms with Crippen molar-refractivity contribution in [1.29, 1.82) is 0 Å². The lowest BCUT2D eigenvalue weighted by molar-refractivity contribution is -0.131. The molecular weight excluding hydrogens is 426 g/mol. The van der Waals surface area contributed by atoms with Crippen molar-refractivity contribution in [3.05, 3.63) is 66.2 Å². The summed E-state index contributed by atoms with van der Waals surface area (Å²) in [5, 5.41) is 5.60. The van der Waals surface area contributed by atoms with Crippen molar-refractivity contribution in [2.45, 2.75) is 43.5 Å². The number of benzene rings is 2. The summed E-state index contributed by atoms with van der Waals surface area (Å²) in [6.45, 7) is 2.68. The average Bonchev–Trinajstić information content (AvgIpc) is 2.83. The molecule has 1 aliphatic heterocycles. The van der Waals surface area contributed by atoms with E-state index in [0.29, 0.717) is 25.9 Å². The van der Waals surface area contributed by atoms with Crippen molar-refractivity contribution >= 4 is 21.8 Å². The third-order valence-electron chi connectivity index (χ3n) is 5.67. The summed E-state index contributed by atoms with van der Waals surface area (Å²) in [5.74, 6) is -1.00. The van der Waals surface area contributed by atoms with Crippen molar-refractivity contribution in [2.24, 2.45) is 5.92 Å². The highest BCUT2D eigenvalue weighted by atomic mass is 32.2. The van der Waals surface area contributed by atoms with Crippen LogP contribution in [0, 0.1) is 5.92 Å². The maximum Gasteiger partial charge on any atom is 0.243 e. The molecule has 0 aliphatic carbocycles. The molecule has 0 bridgehead atoms. The molecular formula is C24H31N3O4S. The topological polar surface area (TPSA) is 95.6 Å². The fourth-order valence-electron chi connectivity index (χ4n) is 3.81. The van der Waals surface area contributed by atoms with Crippen molar-refractivity contribution < 1.29 is 18.0 Å². The largest absolute Gasteiger partial charge is 0.354 e. The number of hydrogen-bond acceptors (Lipinski definition) is 4. The Hall–Kier alpha value is -2.71. The Morgan fingerprint density at radius 2 is 1.72 bits per heavy atom. The van der Waals surface area contributed by atoms with Crippen LogP contribution < -0.4 is 10.6 Å². The highest BCUT2D eigenvalue weighted by Gasteiger charge is 2.34. The van der Waals surface area contributed by atoms with Crippen LogP contribution >= 0.6 is 0 Å². The predicted molar refractivity (Wildman–Crippen MR) is 123 cm³/mol. The number of nitrogens with zero attached hydrogens (tertiary/aromatic N) is 1. The molecule has 2 atom stereocenters. The average molecular weight is 458 g/mol. The Bertz CT molecular complexity index is 996. The van der Waals surface area contributed by atoms with Gasteiger partial charge in [-0.3, -0.25) is 9.59 Å². The Morgan fingerprint density at radius 3 is 2.41 bits per heavy atom. The van der Waals surface area contributed by atoms with Gasteiger partial charge < -0.3 is 10.6 Å². The maximum absolute atomic E-state index is 12.9. The van der Waals surface area contributed by atoms with Crippen LogP contribution in [0.5, 0.6) is 0 Å². The fourth-order valence-corrected chi connectivity index (χ4v) is 5.36. The van der Waals surface area contributed by atoms with E-state index in [9.17, 15) is 18.0 Å². The van der Waals surface area contributed by atoms with E-state index in [4.69, 9.17) is 0 Å². The number of amides is 2. The number of rotatable bonds is 9. The molecule has 8 heteroatoms. The van der Waals surface area contributed by atoms with E-state index in [1.165, 1.54) is 9.87 Å². The second-order valence-electron chi connectivity index (χ2n) is 8.13. The van der Waals surface area contributed by atoms with Gasteiger partial charge in [0.2, 0.25) is 21.8 Å². The van der Waals surface area contributed by atoms with Crippen molar-refractivity contribution in [1.82, 2.24) is 14.9 Å². The van der Waals surface area contributed by atoms with Crippen molar-refractivity contribution in [2.75, 3.05) is 19.6 Å². The monoisotopic (exact) mass is 457 g/mol. The van der Waals surface area contributed by atoms with Gasteiger partial charge >= 0.3 is 0 Å². The Balaban J connectivity index is 1.46. The predicted octanol–water partition coefficient (Wildman–Crippen LogP) is 2.34. The summed E-state index contributed by atoms with van der Waals surface area (Å²) in [6.07, 6.45) is 2.88. The third kappa shape index (κ3) is 6.40. The molecule has 1 aliphatic rings. The lowest BCUT2D eigenvalue weighted by Gasteiger charge is -2.31. The van der Waals surface area contributed by atoms with E-state index in [0.717, 1.165) is 12.8 Å². The number of carbonyl (C=O) groups excluding carboxylic acids is 2. The van der Waals surface area contributed by atoms with Gasteiger partial charge in [0.05, 0.1) is 10.8 Å². The van der Waals surface area contributed by atoms with Gasteiger partial charge in [0, 0.05) is 19.6 Å². The lowest BCUT2D eigenvalue weighted by atomic mass is 9.98. The minimum absolute atomic E-state index is 0.120. The molecule has 2 N–H and O–H groups in total. The third-order valence-corrected chi connectivity index (χ3v) is 7.55. The van der Waals surface area contributed by atoms with Crippen molar-refractivity contribution in [3.63, 3.8) is 0 Å². The zero-order valence-corrected chi connectivity index (χ0v) is 19.2. The van der Waals surface area contributed by atoms with Crippen LogP contribution in [-0.2, 0) is 26.0 Å². The van der Waals surface area contributed by atoms with Gasteiger partial charge in [-0.15, -0.1) is 0 Å². The molecule has 2 aromatic carbocycles. The van der Waals surface area contributed by atoms with Crippen LogP contribution in [-0.4, -0.2) is 50.2 Å². The Kier molecular flexibility index (Phi) is 8.41. The van der Waals surface area contributed by atoms with Crippen LogP contribution in [0.1, 0.15) is 31.7 Å². The van der Waals surface area contributed by atoms with Crippen LogP contribution in [0.15, 0.2) is 65.6 Å². The van der Waals surface area contributed by atoms with Gasteiger partial charge in [0.1, 0.15) is 6.04 Å². The molecule has 0 radical (unpaired) electrons. The van der Waals surface area contributed by atoms with E-state index < -0.39 is 22.0 Å². The van der Waals surface area contributed by atoms with Crippen LogP contribution in [0.25, 0.3) is 0 Å². The summed E-state index contributed by atoms with van der Waals surface area (Å²) >= 11 is 0. The summed E-state index contributed by atoms with van der Waals surface area (Å²) in [7, 11) is -3.64. The molecule has 2 amide bonds. The normalized spacial score (nSPS) is 18.0. The highest BCUT2D eigenvalue weighted by molar-refractivity contribution is 7.89. The zero-order chi connectivity index (χ0) is 23.0. The second-order valence-corrected chi connectivity index (χ2v) is 10.1. The van der Waals surface area contributed by atoms with Crippen LogP contribution in [0.4, 0.5) is 0 Å². The minimum Gasteiger partial charge on any atom is -0.354 e. The van der Waals surface area contributed by atoms with Gasteiger partial charge in [-0.05, 0) is 50.3 Å². The number of hydrogen-bond donors (Lipinski definition) is 2. The Labute approximate surface area is 190 Å². The lowest BCUT2D eigenvalue weighted by Crippen LogP contribution is -2.50. The summed E-state index contributed by atoms with van der Waals surface area (Å²) in [6, 6.07) is 17.6. The smallest absolute Gasteiger partial charge is 0.243 e. The zero-order valence-electron chi connectivity index (χ0n) is 18.4. The number of sulfonamides is 1. The van der Waals surface area contributed by atoms with Crippen molar-refractivity contribution in [3.8, 4) is 0 Å². The number of nitrogens with one attached hydrogen (secondary N) is 2. The maximum atomic E-state index is 12.9. The number of piperidine rings is 1. The number of aryl methyl sites for hydroxylation is 1. The van der Waals surface area contributed by atoms with E-state index >= 15 is 0 Å². The fraction of sp³-hybridized carbons (Fsp3) is 0.417. The highest BCUT2D eigenvalue weighted by Crippen LogP contribution is 2.23. The first-order valence-electron chi connectivity index (χ1n) is 11.0. The standard InChI is InChI=1S/C24H31N3O4S/c1-19(23(28)25-16-8-12-20-10-4-2-5-11-20)26-24(29)21-13-9-17-27(18-21)32(30,31)22-14-6-3-7-15-22/h2-7,10-11,14-15,19,21H,8-9,12-13,16-18H2,1H3,(H,25,28)(H,26,29). The van der Waals surface area contributed by atoms with Crippen LogP contribution in [0.2, 0.25) is 0 Å². The molecule has 32 heavy (non-hydrogen) atoms. The van der Waals surface area contributed by atoms with Gasteiger partial charge in [-0.1, -0.05) is 48.5 Å². The number of carbonyl (C=O) groups is 2. The molecule has 172 valence electrons. The SMILES string of the molecule is CC(NC(=O)C1CCCN(S(=O)(=O)c2ccccc2)C1)C(=O)NCCCc1ccccc1. The minimum atomic E-state index is -3.64. The van der Waals surface area contributed by atoms with Gasteiger partial charge in [0.15, 0.2) is 0 Å². The van der Waals surface area contributed by atoms with Gasteiger partial charge in [-0.25, -0.2) is 8.42 Å². The quantitative estimate of drug-likeness (QED) is 0.565. The molecule has 7 nitrogen and oxygen atoms in total. The van der Waals surface area contributed by atoms with E-state index in [-0.39, 0.29) is 23.3 Å². The van der Waals surface area contributed by atoms with E-state index in [1.807, 2.05) is 18.2 Å². The first-order chi connectivity index (χ1) is 15.4. The molecule has 2 aromatic rings. The summed E-state index contributed by atoms with van der Waals surface area (Å²) in [5.41, 5.74) is 1.22. The molecule has 3 rings (SSSR count). The van der Waals surface area contributed by atoms with E-state index in [2.05, 4.69) is 22.8 Å². The Morgan fingerprint density at radius 1 is 1.06 bits per heavy atom. The molecule has 2 unspecified atom stereocenters. The molecule has 0 aromatic heterocycles. The molecule has 0 spiro atoms. The molecule has 0 saturated carbocycles.